The van der Waals surface area contributed by atoms with E-state index in [1.54, 1.807) is 24.6 Å². The van der Waals surface area contributed by atoms with Crippen LogP contribution in [0.2, 0.25) is 0 Å². The Morgan fingerprint density at radius 1 is 1.56 bits per heavy atom. The third-order valence-corrected chi connectivity index (χ3v) is 4.93. The molecule has 0 aliphatic carbocycles. The maximum Gasteiger partial charge on any atom is 0.313 e. The van der Waals surface area contributed by atoms with Gasteiger partial charge in [-0.2, -0.15) is 0 Å². The molecule has 102 valence electrons. The number of aliphatic carboxylic acids is 1. The molecule has 0 unspecified atom stereocenters. The fourth-order valence-corrected chi connectivity index (χ4v) is 2.84. The van der Waals surface area contributed by atoms with E-state index in [2.05, 4.69) is 4.98 Å². The Morgan fingerprint density at radius 2 is 2.22 bits per heavy atom. The molecule has 0 aromatic carbocycles. The van der Waals surface area contributed by atoms with Crippen LogP contribution in [-0.4, -0.2) is 46.3 Å². The van der Waals surface area contributed by atoms with Crippen molar-refractivity contribution in [2.75, 3.05) is 17.3 Å². The third kappa shape index (κ3) is 4.69. The summed E-state index contributed by atoms with van der Waals surface area (Å²) in [5, 5.41) is 9.16. The summed E-state index contributed by atoms with van der Waals surface area (Å²) in [7, 11) is -3.03. The molecule has 1 aromatic heterocycles. The van der Waals surface area contributed by atoms with Gasteiger partial charge in [-0.3, -0.25) is 4.79 Å². The molecule has 0 amide bonds. The van der Waals surface area contributed by atoms with Crippen molar-refractivity contribution in [1.82, 2.24) is 9.55 Å². The highest BCUT2D eigenvalue weighted by molar-refractivity contribution is 7.99. The average Bonchev–Trinajstić information content (AvgIpc) is 2.65. The van der Waals surface area contributed by atoms with E-state index in [1.165, 1.54) is 0 Å². The summed E-state index contributed by atoms with van der Waals surface area (Å²) in [5.41, 5.74) is 0.747. The predicted molar refractivity (Wildman–Crippen MR) is 69.7 cm³/mol. The van der Waals surface area contributed by atoms with E-state index < -0.39 is 15.8 Å². The lowest BCUT2D eigenvalue weighted by Crippen LogP contribution is -2.15. The Bertz CT molecular complexity index is 522. The Balaban J connectivity index is 2.73. The van der Waals surface area contributed by atoms with Crippen LogP contribution in [0, 0.1) is 6.92 Å². The average molecular weight is 292 g/mol. The minimum absolute atomic E-state index is 0.0416. The summed E-state index contributed by atoms with van der Waals surface area (Å²) < 4.78 is 24.5. The van der Waals surface area contributed by atoms with Crippen molar-refractivity contribution in [1.29, 1.82) is 0 Å². The molecule has 1 heterocycles. The number of thioether (sulfide) groups is 1. The van der Waals surface area contributed by atoms with Gasteiger partial charge in [0.25, 0.3) is 0 Å². The molecule has 0 saturated carbocycles. The number of aromatic nitrogens is 2. The number of imidazole rings is 1. The minimum Gasteiger partial charge on any atom is -0.481 e. The van der Waals surface area contributed by atoms with Gasteiger partial charge in [-0.25, -0.2) is 13.4 Å². The van der Waals surface area contributed by atoms with Gasteiger partial charge in [0.2, 0.25) is 0 Å². The topological polar surface area (TPSA) is 89.3 Å². The fraction of sp³-hybridized carbons (Fsp3) is 0.600. The smallest absolute Gasteiger partial charge is 0.313 e. The quantitative estimate of drug-likeness (QED) is 0.748. The number of carbonyl (C=O) groups is 1. The lowest BCUT2D eigenvalue weighted by Gasteiger charge is -2.06. The number of hydrogen-bond acceptors (Lipinski definition) is 5. The highest BCUT2D eigenvalue weighted by Crippen LogP contribution is 2.17. The van der Waals surface area contributed by atoms with Crippen LogP contribution in [0.1, 0.15) is 12.6 Å². The highest BCUT2D eigenvalue weighted by atomic mass is 32.2. The zero-order valence-electron chi connectivity index (χ0n) is 10.3. The zero-order valence-corrected chi connectivity index (χ0v) is 11.9. The second-order valence-corrected chi connectivity index (χ2v) is 7.19. The lowest BCUT2D eigenvalue weighted by molar-refractivity contribution is -0.133. The Morgan fingerprint density at radius 3 is 2.78 bits per heavy atom. The first-order valence-corrected chi connectivity index (χ1v) is 8.23. The van der Waals surface area contributed by atoms with E-state index >= 15 is 0 Å². The summed E-state index contributed by atoms with van der Waals surface area (Å²) in [4.78, 5) is 14.7. The molecule has 8 heteroatoms. The van der Waals surface area contributed by atoms with E-state index in [-0.39, 0.29) is 17.3 Å². The van der Waals surface area contributed by atoms with E-state index in [4.69, 9.17) is 5.11 Å². The molecule has 0 bridgehead atoms. The monoisotopic (exact) mass is 292 g/mol. The highest BCUT2D eigenvalue weighted by Gasteiger charge is 2.12. The molecule has 0 spiro atoms. The number of hydrogen-bond donors (Lipinski definition) is 1. The number of rotatable bonds is 7. The summed E-state index contributed by atoms with van der Waals surface area (Å²) >= 11 is 1.09. The molecule has 0 fully saturated rings. The van der Waals surface area contributed by atoms with Crippen molar-refractivity contribution in [2.24, 2.45) is 0 Å². The third-order valence-electron chi connectivity index (χ3n) is 2.27. The first kappa shape index (κ1) is 15.0. The summed E-state index contributed by atoms with van der Waals surface area (Å²) in [6, 6.07) is 0. The standard InChI is InChI=1S/C10H16N2O4S2/c1-3-18(15,16)5-4-12-6-8(2)11-10(12)17-7-9(13)14/h6H,3-5,7H2,1-2H3,(H,13,14). The van der Waals surface area contributed by atoms with Gasteiger partial charge in [0.05, 0.1) is 17.2 Å². The number of nitrogens with zero attached hydrogens (tertiary/aromatic N) is 2. The molecule has 0 radical (unpaired) electrons. The first-order valence-electron chi connectivity index (χ1n) is 5.43. The second kappa shape index (κ2) is 6.24. The van der Waals surface area contributed by atoms with Crippen LogP contribution < -0.4 is 0 Å². The zero-order chi connectivity index (χ0) is 13.8. The molecular weight excluding hydrogens is 276 g/mol. The molecule has 1 rings (SSSR count). The van der Waals surface area contributed by atoms with Gasteiger partial charge in [-0.1, -0.05) is 18.7 Å². The van der Waals surface area contributed by atoms with Crippen molar-refractivity contribution < 1.29 is 18.3 Å². The first-order chi connectivity index (χ1) is 8.34. The van der Waals surface area contributed by atoms with Crippen LogP contribution in [0.25, 0.3) is 0 Å². The molecular formula is C10H16N2O4S2. The minimum atomic E-state index is -3.03. The van der Waals surface area contributed by atoms with Crippen LogP contribution in [0.5, 0.6) is 0 Å². The van der Waals surface area contributed by atoms with Crippen LogP contribution in [0.4, 0.5) is 0 Å². The molecule has 0 aliphatic rings. The maximum absolute atomic E-state index is 11.4. The Labute approximate surface area is 110 Å². The maximum atomic E-state index is 11.4. The van der Waals surface area contributed by atoms with Gasteiger partial charge in [-0.05, 0) is 6.92 Å². The molecule has 1 N–H and O–H groups in total. The van der Waals surface area contributed by atoms with Crippen LogP contribution in [0.3, 0.4) is 0 Å². The molecule has 1 aromatic rings. The summed E-state index contributed by atoms with van der Waals surface area (Å²) in [5.74, 6) is -0.858. The predicted octanol–water partition coefficient (Wildman–Crippen LogP) is 0.803. The van der Waals surface area contributed by atoms with E-state index in [1.807, 2.05) is 0 Å². The number of sulfone groups is 1. The van der Waals surface area contributed by atoms with E-state index in [0.717, 1.165) is 17.5 Å². The second-order valence-electron chi connectivity index (χ2n) is 3.78. The summed E-state index contributed by atoms with van der Waals surface area (Å²) in [6.07, 6.45) is 1.73. The van der Waals surface area contributed by atoms with Crippen LogP contribution in [-0.2, 0) is 21.2 Å². The van der Waals surface area contributed by atoms with E-state index in [0.29, 0.717) is 11.7 Å². The van der Waals surface area contributed by atoms with Gasteiger partial charge in [0.1, 0.15) is 0 Å². The molecule has 0 saturated heterocycles. The Hall–Kier alpha value is -1.02. The lowest BCUT2D eigenvalue weighted by atomic mass is 10.6. The fourth-order valence-electron chi connectivity index (χ4n) is 1.31. The van der Waals surface area contributed by atoms with Gasteiger partial charge >= 0.3 is 5.97 Å². The SMILES string of the molecule is CCS(=O)(=O)CCn1cc(C)nc1SCC(=O)O. The van der Waals surface area contributed by atoms with Crippen molar-refractivity contribution in [3.63, 3.8) is 0 Å². The van der Waals surface area contributed by atoms with Crippen molar-refractivity contribution in [3.05, 3.63) is 11.9 Å². The van der Waals surface area contributed by atoms with Crippen molar-refractivity contribution >= 4 is 27.6 Å². The molecule has 18 heavy (non-hydrogen) atoms. The molecule has 6 nitrogen and oxygen atoms in total. The number of aryl methyl sites for hydroxylation is 2. The number of carboxylic acids is 1. The van der Waals surface area contributed by atoms with Gasteiger partial charge in [0.15, 0.2) is 15.0 Å². The summed E-state index contributed by atoms with van der Waals surface area (Å²) in [6.45, 7) is 3.70. The largest absolute Gasteiger partial charge is 0.481 e. The van der Waals surface area contributed by atoms with Gasteiger partial charge < -0.3 is 9.67 Å². The van der Waals surface area contributed by atoms with Crippen LogP contribution >= 0.6 is 11.8 Å². The van der Waals surface area contributed by atoms with Crippen molar-refractivity contribution in [2.45, 2.75) is 25.5 Å². The normalized spacial score (nSPS) is 11.7. The van der Waals surface area contributed by atoms with Crippen molar-refractivity contribution in [3.8, 4) is 0 Å². The van der Waals surface area contributed by atoms with Gasteiger partial charge in [0, 0.05) is 18.5 Å². The van der Waals surface area contributed by atoms with Crippen LogP contribution in [0.15, 0.2) is 11.4 Å². The molecule has 0 aliphatic heterocycles. The Kier molecular flexibility index (Phi) is 5.21. The molecule has 0 atom stereocenters. The number of carboxylic acid groups (broad SMARTS) is 1. The van der Waals surface area contributed by atoms with Gasteiger partial charge in [-0.15, -0.1) is 0 Å². The van der Waals surface area contributed by atoms with E-state index in [9.17, 15) is 13.2 Å².